The molecule has 0 spiro atoms. The lowest BCUT2D eigenvalue weighted by molar-refractivity contribution is -0.132. The van der Waals surface area contributed by atoms with E-state index in [2.05, 4.69) is 4.98 Å². The van der Waals surface area contributed by atoms with E-state index in [0.717, 1.165) is 16.6 Å². The summed E-state index contributed by atoms with van der Waals surface area (Å²) >= 11 is 7.55. The van der Waals surface area contributed by atoms with Crippen LogP contribution in [-0.4, -0.2) is 22.5 Å². The fraction of sp³-hybridized carbons (Fsp3) is 0.150. The average Bonchev–Trinajstić information content (AvgIpc) is 3.15. The number of rotatable bonds is 3. The van der Waals surface area contributed by atoms with Gasteiger partial charge in [-0.15, -0.1) is 0 Å². The van der Waals surface area contributed by atoms with Gasteiger partial charge in [0, 0.05) is 6.92 Å². The van der Waals surface area contributed by atoms with Crippen LogP contribution >= 0.6 is 22.9 Å². The van der Waals surface area contributed by atoms with E-state index < -0.39 is 5.97 Å². The summed E-state index contributed by atoms with van der Waals surface area (Å²) in [7, 11) is 1.45. The predicted octanol–water partition coefficient (Wildman–Crippen LogP) is 3.35. The second-order valence-corrected chi connectivity index (χ2v) is 7.63. The van der Waals surface area contributed by atoms with Gasteiger partial charge in [0.25, 0.3) is 5.56 Å². The largest absolute Gasteiger partial charge is 0.493 e. The van der Waals surface area contributed by atoms with E-state index in [1.165, 1.54) is 25.4 Å². The Morgan fingerprint density at radius 1 is 1.32 bits per heavy atom. The van der Waals surface area contributed by atoms with Crippen molar-refractivity contribution in [3.8, 4) is 11.5 Å². The topological polar surface area (TPSA) is 69.9 Å². The van der Waals surface area contributed by atoms with Gasteiger partial charge < -0.3 is 9.47 Å². The third kappa shape index (κ3) is 3.02. The van der Waals surface area contributed by atoms with Crippen molar-refractivity contribution in [1.82, 2.24) is 9.38 Å². The third-order valence-electron chi connectivity index (χ3n) is 4.27. The molecular formula is C20H15ClN2O4S. The van der Waals surface area contributed by atoms with Crippen molar-refractivity contribution in [1.29, 1.82) is 0 Å². The van der Waals surface area contributed by atoms with Crippen LogP contribution in [0.4, 0.5) is 0 Å². The average molecular weight is 415 g/mol. The second-order valence-electron chi connectivity index (χ2n) is 6.22. The van der Waals surface area contributed by atoms with Gasteiger partial charge in [-0.05, 0) is 42.3 Å². The molecule has 0 saturated heterocycles. The van der Waals surface area contributed by atoms with Gasteiger partial charge in [0.05, 0.1) is 27.7 Å². The Morgan fingerprint density at radius 2 is 2.11 bits per heavy atom. The maximum atomic E-state index is 12.9. The molecule has 0 aliphatic heterocycles. The number of nitrogens with zero attached hydrogens (tertiary/aromatic N) is 2. The first-order valence-electron chi connectivity index (χ1n) is 8.37. The molecule has 0 amide bonds. The van der Waals surface area contributed by atoms with Gasteiger partial charge in [0.15, 0.2) is 16.5 Å². The molecule has 142 valence electrons. The Hall–Kier alpha value is -2.90. The normalized spacial score (nSPS) is 12.1. The lowest BCUT2D eigenvalue weighted by Gasteiger charge is -2.10. The number of imidazole rings is 1. The Balaban J connectivity index is 1.90. The minimum atomic E-state index is -0.500. The van der Waals surface area contributed by atoms with Gasteiger partial charge in [0.2, 0.25) is 0 Å². The highest BCUT2D eigenvalue weighted by Gasteiger charge is 2.15. The van der Waals surface area contributed by atoms with Gasteiger partial charge in [-0.2, -0.15) is 0 Å². The highest BCUT2D eigenvalue weighted by molar-refractivity contribution is 7.15. The van der Waals surface area contributed by atoms with E-state index in [-0.39, 0.29) is 16.3 Å². The van der Waals surface area contributed by atoms with Crippen LogP contribution < -0.4 is 19.6 Å². The van der Waals surface area contributed by atoms with Gasteiger partial charge in [-0.1, -0.05) is 35.1 Å². The Morgan fingerprint density at radius 3 is 2.82 bits per heavy atom. The predicted molar refractivity (Wildman–Crippen MR) is 110 cm³/mol. The van der Waals surface area contributed by atoms with E-state index in [9.17, 15) is 9.59 Å². The molecule has 0 N–H and O–H groups in total. The number of methoxy groups -OCH3 is 1. The van der Waals surface area contributed by atoms with Crippen LogP contribution in [0.5, 0.6) is 11.5 Å². The number of esters is 1. The zero-order valence-corrected chi connectivity index (χ0v) is 16.9. The van der Waals surface area contributed by atoms with Crippen molar-refractivity contribution >= 4 is 51.0 Å². The molecule has 4 rings (SSSR count). The fourth-order valence-corrected chi connectivity index (χ4v) is 4.28. The standard InChI is InChI=1S/C20H15ClN2O4S/c1-10-5-4-6-14-17(10)22-20-23(14)19(25)16(28-20)9-12-7-13(21)18(27-11(2)24)15(8-12)26-3/h4-9H,1-3H3/b16-9-. The SMILES string of the molecule is COc1cc(/C=c2\sc3nc4c(C)cccc4n3c2=O)cc(Cl)c1OC(C)=O. The second kappa shape index (κ2) is 6.92. The lowest BCUT2D eigenvalue weighted by atomic mass is 10.2. The molecular weight excluding hydrogens is 400 g/mol. The fourth-order valence-electron chi connectivity index (χ4n) is 3.04. The summed E-state index contributed by atoms with van der Waals surface area (Å²) in [5.41, 5.74) is 3.15. The summed E-state index contributed by atoms with van der Waals surface area (Å²) in [6, 6.07) is 9.04. The molecule has 0 fully saturated rings. The van der Waals surface area contributed by atoms with Crippen LogP contribution in [0, 0.1) is 6.92 Å². The number of ether oxygens (including phenoxy) is 2. The number of halogens is 1. The Kier molecular flexibility index (Phi) is 4.56. The molecule has 0 atom stereocenters. The van der Waals surface area contributed by atoms with E-state index >= 15 is 0 Å². The van der Waals surface area contributed by atoms with Crippen LogP contribution in [0.3, 0.4) is 0 Å². The van der Waals surface area contributed by atoms with E-state index in [1.807, 2.05) is 25.1 Å². The number of hydrogen-bond donors (Lipinski definition) is 0. The zero-order valence-electron chi connectivity index (χ0n) is 15.3. The molecule has 0 saturated carbocycles. The van der Waals surface area contributed by atoms with Crippen molar-refractivity contribution in [3.05, 3.63) is 61.4 Å². The first kappa shape index (κ1) is 18.5. The number of aryl methyl sites for hydroxylation is 1. The molecule has 2 aromatic carbocycles. The molecule has 2 aromatic heterocycles. The minimum absolute atomic E-state index is 0.146. The van der Waals surface area contributed by atoms with Crippen LogP contribution in [0.2, 0.25) is 5.02 Å². The summed E-state index contributed by atoms with van der Waals surface area (Å²) in [6.07, 6.45) is 1.72. The van der Waals surface area contributed by atoms with Crippen molar-refractivity contribution < 1.29 is 14.3 Å². The van der Waals surface area contributed by atoms with Crippen molar-refractivity contribution in [2.24, 2.45) is 0 Å². The first-order chi connectivity index (χ1) is 13.4. The molecule has 2 heterocycles. The first-order valence-corrected chi connectivity index (χ1v) is 9.56. The maximum absolute atomic E-state index is 12.9. The number of carbonyl (C=O) groups excluding carboxylic acids is 1. The van der Waals surface area contributed by atoms with Crippen LogP contribution in [0.25, 0.3) is 22.1 Å². The molecule has 0 aliphatic carbocycles. The highest BCUT2D eigenvalue weighted by Crippen LogP contribution is 2.36. The summed E-state index contributed by atoms with van der Waals surface area (Å²) in [5, 5.41) is 0.218. The summed E-state index contributed by atoms with van der Waals surface area (Å²) in [5.74, 6) is -0.0390. The van der Waals surface area contributed by atoms with Crippen molar-refractivity contribution in [3.63, 3.8) is 0 Å². The van der Waals surface area contributed by atoms with Crippen LogP contribution in [-0.2, 0) is 4.79 Å². The van der Waals surface area contributed by atoms with Crippen molar-refractivity contribution in [2.75, 3.05) is 7.11 Å². The quantitative estimate of drug-likeness (QED) is 0.380. The van der Waals surface area contributed by atoms with Crippen molar-refractivity contribution in [2.45, 2.75) is 13.8 Å². The zero-order chi connectivity index (χ0) is 20.0. The summed E-state index contributed by atoms with van der Waals surface area (Å²) < 4.78 is 12.5. The minimum Gasteiger partial charge on any atom is -0.493 e. The summed E-state index contributed by atoms with van der Waals surface area (Å²) in [6.45, 7) is 3.25. The number of hydrogen-bond acceptors (Lipinski definition) is 6. The third-order valence-corrected chi connectivity index (χ3v) is 5.52. The smallest absolute Gasteiger partial charge is 0.308 e. The molecule has 0 bridgehead atoms. The lowest BCUT2D eigenvalue weighted by Crippen LogP contribution is -2.22. The molecule has 0 aliphatic rings. The molecule has 6 nitrogen and oxygen atoms in total. The van der Waals surface area contributed by atoms with Gasteiger partial charge >= 0.3 is 5.97 Å². The van der Waals surface area contributed by atoms with Crippen LogP contribution in [0.1, 0.15) is 18.1 Å². The number of thiazole rings is 1. The number of benzene rings is 2. The Bertz CT molecular complexity index is 1360. The van der Waals surface area contributed by atoms with E-state index in [1.54, 1.807) is 22.6 Å². The highest BCUT2D eigenvalue weighted by atomic mass is 35.5. The molecule has 8 heteroatoms. The van der Waals surface area contributed by atoms with Crippen LogP contribution in [0.15, 0.2) is 35.1 Å². The molecule has 0 radical (unpaired) electrons. The van der Waals surface area contributed by atoms with E-state index in [0.29, 0.717) is 20.8 Å². The number of carbonyl (C=O) groups is 1. The molecule has 0 unspecified atom stereocenters. The number of fused-ring (bicyclic) bond motifs is 3. The van der Waals surface area contributed by atoms with Gasteiger partial charge in [-0.3, -0.25) is 9.59 Å². The maximum Gasteiger partial charge on any atom is 0.308 e. The van der Waals surface area contributed by atoms with Gasteiger partial charge in [0.1, 0.15) is 0 Å². The molecule has 4 aromatic rings. The molecule has 28 heavy (non-hydrogen) atoms. The van der Waals surface area contributed by atoms with Gasteiger partial charge in [-0.25, -0.2) is 9.38 Å². The summed E-state index contributed by atoms with van der Waals surface area (Å²) in [4.78, 5) is 29.4. The monoisotopic (exact) mass is 414 g/mol. The Labute approximate surface area is 168 Å². The van der Waals surface area contributed by atoms with E-state index in [4.69, 9.17) is 21.1 Å². The number of aromatic nitrogens is 2. The number of para-hydroxylation sites is 1.